The van der Waals surface area contributed by atoms with E-state index in [0.29, 0.717) is 18.3 Å². The Balaban J connectivity index is 3.12. The summed E-state index contributed by atoms with van der Waals surface area (Å²) in [6.07, 6.45) is 0.514. The van der Waals surface area contributed by atoms with E-state index in [2.05, 4.69) is 23.8 Å². The van der Waals surface area contributed by atoms with Gasteiger partial charge >= 0.3 is 5.97 Å². The second kappa shape index (κ2) is 5.80. The van der Waals surface area contributed by atoms with Crippen molar-refractivity contribution in [2.75, 3.05) is 11.9 Å². The van der Waals surface area contributed by atoms with Crippen LogP contribution in [0.15, 0.2) is 6.07 Å². The number of hydrogen-bond acceptors (Lipinski definition) is 4. The second-order valence-corrected chi connectivity index (χ2v) is 4.76. The molecule has 0 aliphatic rings. The Morgan fingerprint density at radius 3 is 2.50 bits per heavy atom. The zero-order valence-electron chi connectivity index (χ0n) is 11.6. The maximum Gasteiger partial charge on any atom is 0.326 e. The van der Waals surface area contributed by atoms with Crippen LogP contribution in [0.1, 0.15) is 44.5 Å². The molecule has 0 aliphatic carbocycles. The third-order valence-corrected chi connectivity index (χ3v) is 2.91. The normalized spacial score (nSPS) is 12.6. The lowest BCUT2D eigenvalue weighted by Crippen LogP contribution is -2.39. The molecule has 0 spiro atoms. The molecule has 1 heterocycles. The summed E-state index contributed by atoms with van der Waals surface area (Å²) < 4.78 is 0. The van der Waals surface area contributed by atoms with Gasteiger partial charge in [0.15, 0.2) is 0 Å². The number of aromatic nitrogens is 2. The summed E-state index contributed by atoms with van der Waals surface area (Å²) in [5.41, 5.74) is 1.79. The fraction of sp³-hybridized carbons (Fsp3) is 0.615. The summed E-state index contributed by atoms with van der Waals surface area (Å²) >= 11 is 0. The molecule has 1 aromatic rings. The lowest BCUT2D eigenvalue weighted by atomic mass is 10.1. The van der Waals surface area contributed by atoms with Gasteiger partial charge in [0.25, 0.3) is 0 Å². The molecule has 100 valence electrons. The number of aliphatic carboxylic acids is 1. The topological polar surface area (TPSA) is 66.3 Å². The quantitative estimate of drug-likeness (QED) is 0.869. The average molecular weight is 251 g/mol. The van der Waals surface area contributed by atoms with Crippen LogP contribution in [0.2, 0.25) is 0 Å². The standard InChI is InChI=1S/C13H21N3O2/c1-6-11(12(17)18)16(5)13-14-9(4)7-10(15-13)8(2)3/h7-8,11H,6H2,1-5H3,(H,17,18). The fourth-order valence-corrected chi connectivity index (χ4v) is 1.78. The summed E-state index contributed by atoms with van der Waals surface area (Å²) in [4.78, 5) is 21.5. The van der Waals surface area contributed by atoms with E-state index < -0.39 is 12.0 Å². The van der Waals surface area contributed by atoms with Crippen molar-refractivity contribution in [2.24, 2.45) is 0 Å². The minimum absolute atomic E-state index is 0.295. The Labute approximate surface area is 108 Å². The van der Waals surface area contributed by atoms with Crippen molar-refractivity contribution < 1.29 is 9.90 Å². The summed E-state index contributed by atoms with van der Waals surface area (Å²) in [5.74, 6) is -0.0760. The Kier molecular flexibility index (Phi) is 4.64. The summed E-state index contributed by atoms with van der Waals surface area (Å²) in [5, 5.41) is 9.16. The van der Waals surface area contributed by atoms with E-state index in [1.165, 1.54) is 0 Å². The van der Waals surface area contributed by atoms with Crippen LogP contribution in [0.25, 0.3) is 0 Å². The summed E-state index contributed by atoms with van der Waals surface area (Å²) in [6, 6.07) is 1.34. The molecule has 0 saturated carbocycles. The Hall–Kier alpha value is -1.65. The lowest BCUT2D eigenvalue weighted by Gasteiger charge is -2.24. The highest BCUT2D eigenvalue weighted by molar-refractivity contribution is 5.77. The molecular weight excluding hydrogens is 230 g/mol. The van der Waals surface area contributed by atoms with E-state index in [1.54, 1.807) is 11.9 Å². The molecule has 0 fully saturated rings. The first-order valence-corrected chi connectivity index (χ1v) is 6.18. The highest BCUT2D eigenvalue weighted by atomic mass is 16.4. The zero-order chi connectivity index (χ0) is 13.9. The van der Waals surface area contributed by atoms with Crippen molar-refractivity contribution in [1.29, 1.82) is 0 Å². The Bertz CT molecular complexity index is 432. The number of aryl methyl sites for hydroxylation is 1. The van der Waals surface area contributed by atoms with E-state index in [9.17, 15) is 4.79 Å². The average Bonchev–Trinajstić information content (AvgIpc) is 2.28. The SMILES string of the molecule is CCC(C(=O)O)N(C)c1nc(C)cc(C(C)C)n1. The second-order valence-electron chi connectivity index (χ2n) is 4.76. The number of carboxylic acid groups (broad SMARTS) is 1. The first-order valence-electron chi connectivity index (χ1n) is 6.18. The van der Waals surface area contributed by atoms with Gasteiger partial charge in [-0.3, -0.25) is 0 Å². The number of nitrogens with zero attached hydrogens (tertiary/aromatic N) is 3. The van der Waals surface area contributed by atoms with Gasteiger partial charge in [-0.1, -0.05) is 20.8 Å². The van der Waals surface area contributed by atoms with Crippen molar-refractivity contribution in [2.45, 2.75) is 46.1 Å². The van der Waals surface area contributed by atoms with E-state index in [0.717, 1.165) is 11.4 Å². The lowest BCUT2D eigenvalue weighted by molar-refractivity contribution is -0.138. The van der Waals surface area contributed by atoms with E-state index in [-0.39, 0.29) is 0 Å². The molecule has 0 aliphatic heterocycles. The molecule has 0 aromatic carbocycles. The van der Waals surface area contributed by atoms with Crippen LogP contribution in [0.3, 0.4) is 0 Å². The molecule has 0 amide bonds. The molecule has 1 aromatic heterocycles. The van der Waals surface area contributed by atoms with Gasteiger partial charge in [-0.2, -0.15) is 0 Å². The minimum atomic E-state index is -0.851. The molecule has 0 bridgehead atoms. The van der Waals surface area contributed by atoms with Crippen LogP contribution < -0.4 is 4.90 Å². The van der Waals surface area contributed by atoms with Crippen molar-refractivity contribution in [3.63, 3.8) is 0 Å². The van der Waals surface area contributed by atoms with Gasteiger partial charge in [0.1, 0.15) is 6.04 Å². The molecule has 5 heteroatoms. The van der Waals surface area contributed by atoms with Crippen LogP contribution in [0, 0.1) is 6.92 Å². The third kappa shape index (κ3) is 3.18. The molecule has 1 rings (SSSR count). The maximum atomic E-state index is 11.2. The van der Waals surface area contributed by atoms with E-state index in [4.69, 9.17) is 5.11 Å². The highest BCUT2D eigenvalue weighted by Gasteiger charge is 2.23. The predicted octanol–water partition coefficient (Wildman–Crippen LogP) is 2.21. The number of anilines is 1. The van der Waals surface area contributed by atoms with Crippen molar-refractivity contribution in [1.82, 2.24) is 9.97 Å². The fourth-order valence-electron chi connectivity index (χ4n) is 1.78. The third-order valence-electron chi connectivity index (χ3n) is 2.91. The summed E-state index contributed by atoms with van der Waals surface area (Å²) in [6.45, 7) is 7.85. The van der Waals surface area contributed by atoms with Crippen LogP contribution in [-0.4, -0.2) is 34.1 Å². The predicted molar refractivity (Wildman–Crippen MR) is 71.0 cm³/mol. The molecule has 1 unspecified atom stereocenters. The summed E-state index contributed by atoms with van der Waals surface area (Å²) in [7, 11) is 1.72. The first kappa shape index (κ1) is 14.4. The van der Waals surface area contributed by atoms with Crippen LogP contribution in [-0.2, 0) is 4.79 Å². The van der Waals surface area contributed by atoms with Gasteiger partial charge in [-0.15, -0.1) is 0 Å². The first-order chi connectivity index (χ1) is 8.36. The van der Waals surface area contributed by atoms with Crippen LogP contribution >= 0.6 is 0 Å². The zero-order valence-corrected chi connectivity index (χ0v) is 11.6. The van der Waals surface area contributed by atoms with Gasteiger partial charge in [0.2, 0.25) is 5.95 Å². The minimum Gasteiger partial charge on any atom is -0.480 e. The monoisotopic (exact) mass is 251 g/mol. The highest BCUT2D eigenvalue weighted by Crippen LogP contribution is 2.18. The van der Waals surface area contributed by atoms with E-state index >= 15 is 0 Å². The largest absolute Gasteiger partial charge is 0.480 e. The maximum absolute atomic E-state index is 11.2. The molecule has 18 heavy (non-hydrogen) atoms. The molecule has 1 atom stereocenters. The van der Waals surface area contributed by atoms with Crippen molar-refractivity contribution in [3.05, 3.63) is 17.5 Å². The van der Waals surface area contributed by atoms with Crippen molar-refractivity contribution >= 4 is 11.9 Å². The van der Waals surface area contributed by atoms with E-state index in [1.807, 2.05) is 19.9 Å². The van der Waals surface area contributed by atoms with Gasteiger partial charge in [0.05, 0.1) is 0 Å². The molecule has 1 N–H and O–H groups in total. The number of rotatable bonds is 5. The number of carboxylic acids is 1. The number of carbonyl (C=O) groups is 1. The van der Waals surface area contributed by atoms with Gasteiger partial charge in [-0.25, -0.2) is 14.8 Å². The smallest absolute Gasteiger partial charge is 0.326 e. The molecular formula is C13H21N3O2. The van der Waals surface area contributed by atoms with Gasteiger partial charge < -0.3 is 10.0 Å². The van der Waals surface area contributed by atoms with Gasteiger partial charge in [-0.05, 0) is 25.3 Å². The van der Waals surface area contributed by atoms with Crippen molar-refractivity contribution in [3.8, 4) is 0 Å². The molecule has 5 nitrogen and oxygen atoms in total. The molecule has 0 saturated heterocycles. The Morgan fingerprint density at radius 1 is 1.44 bits per heavy atom. The van der Waals surface area contributed by atoms with Gasteiger partial charge in [0, 0.05) is 18.4 Å². The Morgan fingerprint density at radius 2 is 2.06 bits per heavy atom. The number of hydrogen-bond donors (Lipinski definition) is 1. The number of likely N-dealkylation sites (N-methyl/N-ethyl adjacent to an activating group) is 1. The van der Waals surface area contributed by atoms with Crippen LogP contribution in [0.4, 0.5) is 5.95 Å². The van der Waals surface area contributed by atoms with Crippen LogP contribution in [0.5, 0.6) is 0 Å². The molecule has 0 radical (unpaired) electrons.